The monoisotopic (exact) mass is 421 g/mol. The van der Waals surface area contributed by atoms with Crippen LogP contribution in [0.15, 0.2) is 41.3 Å². The number of likely N-dealkylation sites (tertiary alicyclic amines) is 1. The number of aromatic amines is 1. The molecule has 3 heterocycles. The average molecular weight is 422 g/mol. The van der Waals surface area contributed by atoms with Gasteiger partial charge in [0.1, 0.15) is 5.52 Å². The van der Waals surface area contributed by atoms with Crippen molar-refractivity contribution in [2.45, 2.75) is 33.1 Å². The van der Waals surface area contributed by atoms with Crippen molar-refractivity contribution in [3.63, 3.8) is 0 Å². The van der Waals surface area contributed by atoms with E-state index >= 15 is 0 Å². The Morgan fingerprint density at radius 1 is 1.16 bits per heavy atom. The summed E-state index contributed by atoms with van der Waals surface area (Å²) in [6.45, 7) is 5.42. The summed E-state index contributed by atoms with van der Waals surface area (Å²) in [6.07, 6.45) is 3.72. The Labute approximate surface area is 180 Å². The highest BCUT2D eigenvalue weighted by atomic mass is 16.2. The summed E-state index contributed by atoms with van der Waals surface area (Å²) in [5.74, 6) is -0.249. The summed E-state index contributed by atoms with van der Waals surface area (Å²) >= 11 is 0. The number of carbonyl (C=O) groups excluding carboxylic acids is 2. The van der Waals surface area contributed by atoms with Crippen LogP contribution in [-0.4, -0.2) is 50.9 Å². The molecule has 1 aliphatic heterocycles. The Morgan fingerprint density at radius 3 is 2.58 bits per heavy atom. The molecule has 2 N–H and O–H groups in total. The highest BCUT2D eigenvalue weighted by Gasteiger charge is 2.28. The lowest BCUT2D eigenvalue weighted by Gasteiger charge is -2.30. The first-order chi connectivity index (χ1) is 14.9. The SMILES string of the molecule is Cc1ccc(CCNC(=O)C2CCN(C(=O)c3cc4c(=O)[nH]c(C)cn4n3)CC2)cc1. The van der Waals surface area contributed by atoms with Gasteiger partial charge in [0.15, 0.2) is 5.69 Å². The van der Waals surface area contributed by atoms with E-state index in [1.54, 1.807) is 18.0 Å². The van der Waals surface area contributed by atoms with E-state index in [4.69, 9.17) is 0 Å². The van der Waals surface area contributed by atoms with Gasteiger partial charge in [-0.3, -0.25) is 14.4 Å². The maximum Gasteiger partial charge on any atom is 0.274 e. The number of amides is 2. The third kappa shape index (κ3) is 4.68. The van der Waals surface area contributed by atoms with Gasteiger partial charge in [0.2, 0.25) is 5.91 Å². The van der Waals surface area contributed by atoms with Crippen LogP contribution in [0.4, 0.5) is 0 Å². The van der Waals surface area contributed by atoms with Crippen molar-refractivity contribution >= 4 is 17.3 Å². The van der Waals surface area contributed by atoms with E-state index in [9.17, 15) is 14.4 Å². The van der Waals surface area contributed by atoms with Gasteiger partial charge in [0, 0.05) is 43.5 Å². The van der Waals surface area contributed by atoms with Crippen molar-refractivity contribution in [3.05, 3.63) is 69.4 Å². The second-order valence-corrected chi connectivity index (χ2v) is 8.22. The fourth-order valence-electron chi connectivity index (χ4n) is 3.96. The third-order valence-corrected chi connectivity index (χ3v) is 5.80. The predicted molar refractivity (Wildman–Crippen MR) is 117 cm³/mol. The molecule has 4 rings (SSSR count). The zero-order chi connectivity index (χ0) is 22.0. The topological polar surface area (TPSA) is 99.6 Å². The van der Waals surface area contributed by atoms with Crippen LogP contribution >= 0.6 is 0 Å². The van der Waals surface area contributed by atoms with E-state index < -0.39 is 0 Å². The minimum atomic E-state index is -0.271. The highest BCUT2D eigenvalue weighted by Crippen LogP contribution is 2.19. The second kappa shape index (κ2) is 8.75. The number of rotatable bonds is 5. The number of hydrogen-bond donors (Lipinski definition) is 2. The molecule has 0 saturated carbocycles. The molecule has 0 bridgehead atoms. The summed E-state index contributed by atoms with van der Waals surface area (Å²) < 4.78 is 1.44. The molecule has 162 valence electrons. The number of hydrogen-bond acceptors (Lipinski definition) is 4. The lowest BCUT2D eigenvalue weighted by Crippen LogP contribution is -2.43. The smallest absolute Gasteiger partial charge is 0.274 e. The van der Waals surface area contributed by atoms with Gasteiger partial charge in [-0.25, -0.2) is 4.52 Å². The van der Waals surface area contributed by atoms with E-state index in [-0.39, 0.29) is 29.0 Å². The maximum absolute atomic E-state index is 12.8. The van der Waals surface area contributed by atoms with Crippen molar-refractivity contribution in [2.75, 3.05) is 19.6 Å². The van der Waals surface area contributed by atoms with E-state index in [2.05, 4.69) is 46.6 Å². The molecule has 1 saturated heterocycles. The zero-order valence-corrected chi connectivity index (χ0v) is 17.9. The summed E-state index contributed by atoms with van der Waals surface area (Å²) in [5, 5.41) is 7.29. The van der Waals surface area contributed by atoms with Crippen LogP contribution in [0.3, 0.4) is 0 Å². The zero-order valence-electron chi connectivity index (χ0n) is 17.9. The molecule has 8 heteroatoms. The number of piperidine rings is 1. The summed E-state index contributed by atoms with van der Waals surface area (Å²) in [5.41, 5.74) is 3.42. The van der Waals surface area contributed by atoms with Gasteiger partial charge in [-0.05, 0) is 38.7 Å². The standard InChI is InChI=1S/C23H27N5O3/c1-15-3-5-17(6-4-15)7-10-24-21(29)18-8-11-27(12-9-18)23(31)19-13-20-22(30)25-16(2)14-28(20)26-19/h3-6,13-14,18H,7-12H2,1-2H3,(H,24,29)(H,25,30). The Kier molecular flexibility index (Phi) is 5.88. The Bertz CT molecular complexity index is 1150. The fraction of sp³-hybridized carbons (Fsp3) is 0.391. The second-order valence-electron chi connectivity index (χ2n) is 8.22. The lowest BCUT2D eigenvalue weighted by molar-refractivity contribution is -0.126. The first kappa shape index (κ1) is 20.8. The van der Waals surface area contributed by atoms with E-state index in [0.717, 1.165) is 6.42 Å². The molecule has 3 aromatic rings. The number of nitrogens with one attached hydrogen (secondary N) is 2. The third-order valence-electron chi connectivity index (χ3n) is 5.80. The van der Waals surface area contributed by atoms with Crippen LogP contribution < -0.4 is 10.9 Å². The number of H-pyrrole nitrogens is 1. The normalized spacial score (nSPS) is 14.7. The molecule has 0 aliphatic carbocycles. The maximum atomic E-state index is 12.8. The van der Waals surface area contributed by atoms with Crippen LogP contribution in [0.25, 0.3) is 5.52 Å². The van der Waals surface area contributed by atoms with Gasteiger partial charge in [-0.15, -0.1) is 0 Å². The molecule has 1 fully saturated rings. The molecule has 31 heavy (non-hydrogen) atoms. The number of benzene rings is 1. The molecular weight excluding hydrogens is 394 g/mol. The molecule has 0 atom stereocenters. The number of aryl methyl sites for hydroxylation is 2. The molecule has 8 nitrogen and oxygen atoms in total. The molecule has 2 amide bonds. The average Bonchev–Trinajstić information content (AvgIpc) is 3.19. The van der Waals surface area contributed by atoms with Gasteiger partial charge in [-0.2, -0.15) is 5.10 Å². The van der Waals surface area contributed by atoms with Crippen molar-refractivity contribution in [3.8, 4) is 0 Å². The predicted octanol–water partition coefficient (Wildman–Crippen LogP) is 1.85. The van der Waals surface area contributed by atoms with Crippen molar-refractivity contribution < 1.29 is 9.59 Å². The van der Waals surface area contributed by atoms with Gasteiger partial charge < -0.3 is 15.2 Å². The van der Waals surface area contributed by atoms with Crippen LogP contribution in [0.5, 0.6) is 0 Å². The highest BCUT2D eigenvalue weighted by molar-refractivity contribution is 5.93. The lowest BCUT2D eigenvalue weighted by atomic mass is 9.95. The van der Waals surface area contributed by atoms with Gasteiger partial charge in [-0.1, -0.05) is 29.8 Å². The first-order valence-electron chi connectivity index (χ1n) is 10.6. The van der Waals surface area contributed by atoms with Gasteiger partial charge in [0.25, 0.3) is 11.5 Å². The molecular formula is C23H27N5O3. The van der Waals surface area contributed by atoms with Gasteiger partial charge >= 0.3 is 0 Å². The van der Waals surface area contributed by atoms with E-state index in [0.29, 0.717) is 43.7 Å². The Morgan fingerprint density at radius 2 is 1.87 bits per heavy atom. The molecule has 2 aromatic heterocycles. The van der Waals surface area contributed by atoms with Gasteiger partial charge in [0.05, 0.1) is 0 Å². The van der Waals surface area contributed by atoms with Crippen molar-refractivity contribution in [1.29, 1.82) is 0 Å². The first-order valence-corrected chi connectivity index (χ1v) is 10.6. The number of fused-ring (bicyclic) bond motifs is 1. The van der Waals surface area contributed by atoms with Crippen LogP contribution in [0, 0.1) is 19.8 Å². The summed E-state index contributed by atoms with van der Waals surface area (Å²) in [7, 11) is 0. The number of nitrogens with zero attached hydrogens (tertiary/aromatic N) is 3. The molecule has 1 aliphatic rings. The van der Waals surface area contributed by atoms with Crippen LogP contribution in [-0.2, 0) is 11.2 Å². The quantitative estimate of drug-likeness (QED) is 0.657. The Hall–Kier alpha value is -3.42. The van der Waals surface area contributed by atoms with Crippen molar-refractivity contribution in [1.82, 2.24) is 24.8 Å². The largest absolute Gasteiger partial charge is 0.356 e. The molecule has 0 radical (unpaired) electrons. The molecule has 0 spiro atoms. The number of carbonyl (C=O) groups is 2. The van der Waals surface area contributed by atoms with E-state index in [1.807, 2.05) is 0 Å². The van der Waals surface area contributed by atoms with Crippen LogP contribution in [0.1, 0.15) is 40.2 Å². The van der Waals surface area contributed by atoms with Crippen LogP contribution in [0.2, 0.25) is 0 Å². The molecule has 1 aromatic carbocycles. The fourth-order valence-corrected chi connectivity index (χ4v) is 3.96. The van der Waals surface area contributed by atoms with E-state index in [1.165, 1.54) is 21.7 Å². The summed E-state index contributed by atoms with van der Waals surface area (Å²) in [6, 6.07) is 9.83. The minimum absolute atomic E-state index is 0.0500. The minimum Gasteiger partial charge on any atom is -0.356 e. The number of aromatic nitrogens is 3. The van der Waals surface area contributed by atoms with Crippen molar-refractivity contribution in [2.24, 2.45) is 5.92 Å². The molecule has 0 unspecified atom stereocenters. The Balaban J connectivity index is 1.29. The summed E-state index contributed by atoms with van der Waals surface area (Å²) in [4.78, 5) is 41.8.